The van der Waals surface area contributed by atoms with Gasteiger partial charge < -0.3 is 88.6 Å². The van der Waals surface area contributed by atoms with Crippen molar-refractivity contribution in [1.29, 1.82) is 0 Å². The standard InChI is InChI=1S/C30H36N15O18P3/c31-22-13-25(37-4-34-22)43(7-40-13)28-17(47)19-11(59-28)2-56-65(51,52)62-20-12(60-29(18(20)48)44-8-41-14-23(32)35-5-38-26(14)44)3-57-66(53,54)63-21-16(46)10(1-55-64(49,50)61-19)58-30(21)45-9-42-15-24(33)36-6-39-27(15)45/h4-12,16-21,28-30,46-48H,1-3H2,(H,49,50)(H,51,52)(H,53,54)(H2,31,34,37)(H2,32,35,38)(H2,33,36,39)/p-3/t10-,11-,12-,16-,17-,18-,19-,20-,21-,28-,29-,30-/m1/s1. The molecule has 0 spiro atoms. The lowest BCUT2D eigenvalue weighted by Gasteiger charge is -2.33. The van der Waals surface area contributed by atoms with Gasteiger partial charge >= 0.3 is 0 Å². The van der Waals surface area contributed by atoms with Crippen LogP contribution >= 0.6 is 23.5 Å². The Balaban J connectivity index is 1.01. The molecule has 4 aliphatic heterocycles. The lowest BCUT2D eigenvalue weighted by molar-refractivity contribution is -0.241. The molecule has 3 unspecified atom stereocenters. The molecule has 10 heterocycles. The second kappa shape index (κ2) is 16.7. The van der Waals surface area contributed by atoms with E-state index in [4.69, 9.17) is 58.6 Å². The number of fused-ring (bicyclic) bond motifs is 7. The lowest BCUT2D eigenvalue weighted by Crippen LogP contribution is -2.39. The highest BCUT2D eigenvalue weighted by molar-refractivity contribution is 7.46. The number of nitrogens with zero attached hydrogens (tertiary/aromatic N) is 12. The van der Waals surface area contributed by atoms with Crippen LogP contribution in [0.4, 0.5) is 17.5 Å². The summed E-state index contributed by atoms with van der Waals surface area (Å²) in [7, 11) is -17.1. The number of imidazole rings is 3. The highest BCUT2D eigenvalue weighted by Crippen LogP contribution is 2.52. The predicted octanol–water partition coefficient (Wildman–Crippen LogP) is -4.35. The zero-order valence-electron chi connectivity index (χ0n) is 32.9. The summed E-state index contributed by atoms with van der Waals surface area (Å²) >= 11 is 0. The van der Waals surface area contributed by atoms with Gasteiger partial charge in [-0.3, -0.25) is 27.4 Å². The number of rotatable bonds is 3. The molecule has 6 aromatic heterocycles. The van der Waals surface area contributed by atoms with Crippen LogP contribution in [0.25, 0.3) is 33.5 Å². The van der Waals surface area contributed by atoms with E-state index in [0.29, 0.717) is 0 Å². The number of nitrogens with two attached hydrogens (primary N) is 3. The van der Waals surface area contributed by atoms with Gasteiger partial charge in [-0.2, -0.15) is 0 Å². The van der Waals surface area contributed by atoms with E-state index < -0.39 is 117 Å². The summed E-state index contributed by atoms with van der Waals surface area (Å²) in [5, 5.41) is 34.7. The van der Waals surface area contributed by atoms with Crippen LogP contribution in [-0.4, -0.2) is 149 Å². The van der Waals surface area contributed by atoms with Gasteiger partial charge in [-0.1, -0.05) is 0 Å². The van der Waals surface area contributed by atoms with Gasteiger partial charge in [-0.15, -0.1) is 0 Å². The second-order valence-corrected chi connectivity index (χ2v) is 18.9. The maximum absolute atomic E-state index is 13.6. The van der Waals surface area contributed by atoms with Crippen molar-refractivity contribution in [3.8, 4) is 0 Å². The van der Waals surface area contributed by atoms with Gasteiger partial charge in [0, 0.05) is 0 Å². The number of phosphoric ester groups is 3. The lowest BCUT2D eigenvalue weighted by atomic mass is 10.1. The molecular weight excluding hydrogens is 951 g/mol. The fraction of sp³-hybridized carbons (Fsp3) is 0.500. The van der Waals surface area contributed by atoms with Crippen LogP contribution in [0, 0.1) is 0 Å². The Kier molecular flexibility index (Phi) is 11.4. The summed E-state index contributed by atoms with van der Waals surface area (Å²) in [6, 6.07) is 0. The number of hydrogen-bond acceptors (Lipinski definition) is 30. The van der Waals surface area contributed by atoms with E-state index in [9.17, 15) is 43.7 Å². The third-order valence-corrected chi connectivity index (χ3v) is 13.8. The minimum atomic E-state index is -5.73. The van der Waals surface area contributed by atoms with Crippen LogP contribution in [0.15, 0.2) is 38.0 Å². The number of phosphoric acid groups is 3. The van der Waals surface area contributed by atoms with E-state index in [1.54, 1.807) is 0 Å². The molecule has 354 valence electrons. The molecule has 15 atom stereocenters. The minimum Gasteiger partial charge on any atom is -0.756 e. The predicted molar refractivity (Wildman–Crippen MR) is 204 cm³/mol. The molecule has 4 fully saturated rings. The van der Waals surface area contributed by atoms with Crippen molar-refractivity contribution in [3.63, 3.8) is 0 Å². The maximum atomic E-state index is 13.6. The maximum Gasteiger partial charge on any atom is 0.268 e. The Hall–Kier alpha value is -4.86. The van der Waals surface area contributed by atoms with Gasteiger partial charge in [0.1, 0.15) is 90.5 Å². The van der Waals surface area contributed by atoms with Crippen molar-refractivity contribution in [3.05, 3.63) is 38.0 Å². The number of aliphatic hydroxyl groups excluding tert-OH is 3. The van der Waals surface area contributed by atoms with Crippen molar-refractivity contribution < 1.29 is 85.0 Å². The van der Waals surface area contributed by atoms with E-state index in [2.05, 4.69) is 44.9 Å². The average molecular weight is 985 g/mol. The zero-order chi connectivity index (χ0) is 46.4. The van der Waals surface area contributed by atoms with Crippen molar-refractivity contribution in [1.82, 2.24) is 58.6 Å². The fourth-order valence-electron chi connectivity index (χ4n) is 7.82. The van der Waals surface area contributed by atoms with Crippen molar-refractivity contribution in [2.24, 2.45) is 0 Å². The molecule has 0 aromatic carbocycles. The molecule has 6 aromatic rings. The summed E-state index contributed by atoms with van der Waals surface area (Å²) in [6.07, 6.45) is -15.8. The fourth-order valence-corrected chi connectivity index (χ4v) is 10.6. The highest BCUT2D eigenvalue weighted by Gasteiger charge is 2.53. The van der Waals surface area contributed by atoms with E-state index in [-0.39, 0.29) is 50.9 Å². The van der Waals surface area contributed by atoms with Crippen LogP contribution in [0.1, 0.15) is 18.7 Å². The van der Waals surface area contributed by atoms with Gasteiger partial charge in [-0.05, 0) is 0 Å². The molecule has 10 rings (SSSR count). The first-order valence-electron chi connectivity index (χ1n) is 19.1. The highest BCUT2D eigenvalue weighted by atomic mass is 31.2. The molecule has 2 bridgehead atoms. The molecule has 66 heavy (non-hydrogen) atoms. The summed E-state index contributed by atoms with van der Waals surface area (Å²) in [5.74, 6) is -0.226. The van der Waals surface area contributed by atoms with Gasteiger partial charge in [0.05, 0.1) is 38.8 Å². The monoisotopic (exact) mass is 984 g/mol. The normalized spacial score (nSPS) is 38.3. The third-order valence-electron chi connectivity index (χ3n) is 10.9. The smallest absolute Gasteiger partial charge is 0.268 e. The van der Waals surface area contributed by atoms with E-state index >= 15 is 0 Å². The molecule has 33 nitrogen and oxygen atoms in total. The van der Waals surface area contributed by atoms with Gasteiger partial charge in [0.25, 0.3) is 23.5 Å². The van der Waals surface area contributed by atoms with Crippen molar-refractivity contribution >= 4 is 74.4 Å². The van der Waals surface area contributed by atoms with Crippen LogP contribution < -0.4 is 31.9 Å². The zero-order valence-corrected chi connectivity index (χ0v) is 35.6. The second-order valence-electron chi connectivity index (χ2n) is 14.9. The first kappa shape index (κ1) is 44.9. The molecule has 36 heteroatoms. The number of aliphatic hydroxyl groups is 3. The molecule has 0 aliphatic carbocycles. The summed E-state index contributed by atoms with van der Waals surface area (Å²) in [5.41, 5.74) is 17.9. The number of ether oxygens (including phenoxy) is 3. The van der Waals surface area contributed by atoms with Gasteiger partial charge in [0.15, 0.2) is 53.1 Å². The van der Waals surface area contributed by atoms with E-state index in [0.717, 1.165) is 51.7 Å². The summed E-state index contributed by atoms with van der Waals surface area (Å²) in [4.78, 5) is 77.0. The van der Waals surface area contributed by atoms with Gasteiger partial charge in [0.2, 0.25) is 0 Å². The molecule has 4 aliphatic rings. The SMILES string of the molecule is Nc1ncnc2c1ncn2[C@@H]1O[C@@H]2COP(=O)([O-])O[C@@H]3[C@H](O)[C@@H](COP(=O)([O-])O[C@H]4[C@@H](O)[C@H](n5cnc6c(N)ncnc65)O[C@@H]4COP(=O)([O-])O[C@H]2[C@H]1O)O[C@H]3n1cnc2c(N)ncnc21. The van der Waals surface area contributed by atoms with Crippen molar-refractivity contribution in [2.45, 2.75) is 73.6 Å². The van der Waals surface area contributed by atoms with Crippen LogP contribution in [0.3, 0.4) is 0 Å². The quantitative estimate of drug-likeness (QED) is 0.0913. The van der Waals surface area contributed by atoms with Crippen LogP contribution in [0.2, 0.25) is 0 Å². The Bertz CT molecular complexity index is 2960. The molecular formula is C30H33N15O18P3-3. The van der Waals surface area contributed by atoms with Gasteiger partial charge in [-0.25, -0.2) is 44.9 Å². The van der Waals surface area contributed by atoms with E-state index in [1.165, 1.54) is 0 Å². The Morgan fingerprint density at radius 2 is 0.818 bits per heavy atom. The third kappa shape index (κ3) is 8.10. The Morgan fingerprint density at radius 3 is 1.21 bits per heavy atom. The number of nitrogen functional groups attached to an aromatic ring is 3. The first-order valence-corrected chi connectivity index (χ1v) is 23.5. The number of aromatic nitrogens is 12. The van der Waals surface area contributed by atoms with E-state index in [1.807, 2.05) is 0 Å². The average Bonchev–Trinajstić information content (AvgIpc) is 4.13. The summed E-state index contributed by atoms with van der Waals surface area (Å²) in [6.45, 7) is -3.34. The first-order chi connectivity index (χ1) is 31.4. The van der Waals surface area contributed by atoms with Crippen molar-refractivity contribution in [2.75, 3.05) is 37.0 Å². The van der Waals surface area contributed by atoms with Crippen LogP contribution in [-0.2, 0) is 55.0 Å². The molecule has 0 saturated carbocycles. The largest absolute Gasteiger partial charge is 0.756 e. The Labute approximate surface area is 366 Å². The number of anilines is 3. The molecule has 4 saturated heterocycles. The number of hydrogen-bond donors (Lipinski definition) is 6. The molecule has 9 N–H and O–H groups in total. The molecule has 0 amide bonds. The summed E-state index contributed by atoms with van der Waals surface area (Å²) < 4.78 is 93.3. The molecule has 0 radical (unpaired) electrons. The van der Waals surface area contributed by atoms with Crippen LogP contribution in [0.5, 0.6) is 0 Å². The minimum absolute atomic E-state index is 0.000405. The Morgan fingerprint density at radius 1 is 0.485 bits per heavy atom. The topological polar surface area (TPSA) is 473 Å².